The minimum atomic E-state index is 0.293. The molecule has 2 saturated heterocycles. The van der Waals surface area contributed by atoms with Crippen molar-refractivity contribution in [1.82, 2.24) is 14.8 Å². The smallest absolute Gasteiger partial charge is 0.236 e. The van der Waals surface area contributed by atoms with Gasteiger partial charge < -0.3 is 4.90 Å². The molecule has 4 nitrogen and oxygen atoms in total. The van der Waals surface area contributed by atoms with E-state index in [1.54, 1.807) is 0 Å². The van der Waals surface area contributed by atoms with Crippen molar-refractivity contribution in [3.8, 4) is 0 Å². The third kappa shape index (κ3) is 3.10. The van der Waals surface area contributed by atoms with E-state index in [1.165, 1.54) is 24.8 Å². The fourth-order valence-corrected chi connectivity index (χ4v) is 3.57. The number of hydrogen-bond donors (Lipinski definition) is 0. The Balaban J connectivity index is 1.51. The fraction of sp³-hybridized carbons (Fsp3) is 0.647. The summed E-state index contributed by atoms with van der Waals surface area (Å²) in [6, 6.07) is 5.19. The van der Waals surface area contributed by atoms with Gasteiger partial charge >= 0.3 is 0 Å². The topological polar surface area (TPSA) is 36.4 Å². The van der Waals surface area contributed by atoms with Crippen LogP contribution in [0.4, 0.5) is 0 Å². The summed E-state index contributed by atoms with van der Waals surface area (Å²) in [5, 5.41) is 0. The number of rotatable bonds is 3. The van der Waals surface area contributed by atoms with E-state index in [2.05, 4.69) is 35.9 Å². The van der Waals surface area contributed by atoms with Gasteiger partial charge in [-0.3, -0.25) is 14.7 Å². The Kier molecular flexibility index (Phi) is 4.24. The molecule has 0 unspecified atom stereocenters. The molecule has 0 saturated carbocycles. The first-order chi connectivity index (χ1) is 10.1. The zero-order chi connectivity index (χ0) is 14.8. The molecule has 1 aromatic heterocycles. The second kappa shape index (κ2) is 6.14. The van der Waals surface area contributed by atoms with Gasteiger partial charge in [0.15, 0.2) is 0 Å². The van der Waals surface area contributed by atoms with Crippen LogP contribution in [0.2, 0.25) is 0 Å². The van der Waals surface area contributed by atoms with Gasteiger partial charge in [0.2, 0.25) is 5.91 Å². The van der Waals surface area contributed by atoms with Gasteiger partial charge in [0.1, 0.15) is 0 Å². The molecule has 0 aliphatic carbocycles. The minimum absolute atomic E-state index is 0.293. The molecule has 2 fully saturated rings. The van der Waals surface area contributed by atoms with Gasteiger partial charge in [-0.2, -0.15) is 0 Å². The van der Waals surface area contributed by atoms with Crippen LogP contribution in [-0.2, 0) is 4.79 Å². The quantitative estimate of drug-likeness (QED) is 0.855. The molecule has 114 valence electrons. The lowest BCUT2D eigenvalue weighted by Gasteiger charge is -2.43. The minimum Gasteiger partial charge on any atom is -0.340 e. The highest BCUT2D eigenvalue weighted by Crippen LogP contribution is 2.28. The van der Waals surface area contributed by atoms with Crippen molar-refractivity contribution in [3.05, 3.63) is 30.1 Å². The van der Waals surface area contributed by atoms with Gasteiger partial charge in [0, 0.05) is 43.5 Å². The average Bonchev–Trinajstić information content (AvgIpc) is 2.43. The molecule has 3 heterocycles. The highest BCUT2D eigenvalue weighted by Gasteiger charge is 2.34. The Morgan fingerprint density at radius 1 is 1.19 bits per heavy atom. The largest absolute Gasteiger partial charge is 0.340 e. The number of piperidine rings is 1. The Bertz CT molecular complexity index is 474. The molecule has 0 spiro atoms. The third-order valence-corrected chi connectivity index (χ3v) is 5.11. The first kappa shape index (κ1) is 14.5. The van der Waals surface area contributed by atoms with Crippen LogP contribution in [0.3, 0.4) is 0 Å². The first-order valence-corrected chi connectivity index (χ1v) is 8.08. The van der Waals surface area contributed by atoms with Crippen molar-refractivity contribution >= 4 is 5.91 Å². The van der Waals surface area contributed by atoms with Crippen molar-refractivity contribution in [3.63, 3.8) is 0 Å². The normalized spacial score (nSPS) is 27.4. The predicted molar refractivity (Wildman–Crippen MR) is 83.0 cm³/mol. The lowest BCUT2D eigenvalue weighted by molar-refractivity contribution is -0.138. The molecule has 2 aliphatic heterocycles. The van der Waals surface area contributed by atoms with Crippen molar-refractivity contribution in [1.29, 1.82) is 0 Å². The number of carbonyl (C=O) groups is 1. The molecule has 0 radical (unpaired) electrons. The number of carbonyl (C=O) groups excluding carboxylic acids is 1. The molecule has 3 rings (SSSR count). The summed E-state index contributed by atoms with van der Waals surface area (Å²) in [4.78, 5) is 20.9. The van der Waals surface area contributed by atoms with Gasteiger partial charge in [0.05, 0.1) is 6.54 Å². The van der Waals surface area contributed by atoms with Crippen LogP contribution in [0.25, 0.3) is 0 Å². The summed E-state index contributed by atoms with van der Waals surface area (Å²) in [5.74, 6) is 0.786. The molecule has 21 heavy (non-hydrogen) atoms. The molecule has 4 heteroatoms. The highest BCUT2D eigenvalue weighted by molar-refractivity contribution is 5.79. The van der Waals surface area contributed by atoms with E-state index in [1.807, 2.05) is 17.3 Å². The maximum Gasteiger partial charge on any atom is 0.236 e. The molecule has 2 aliphatic rings. The van der Waals surface area contributed by atoms with Crippen molar-refractivity contribution < 1.29 is 4.79 Å². The standard InChI is InChI=1S/C17H25N3O/c1-13-4-3-5-14(2)20(13)12-17(21)19-10-16(11-19)15-6-8-18-9-7-15/h6-9,13-14,16H,3-5,10-12H2,1-2H3/t13-,14+. The molecule has 1 amide bonds. The van der Waals surface area contributed by atoms with Gasteiger partial charge in [0.25, 0.3) is 0 Å². The van der Waals surface area contributed by atoms with Crippen molar-refractivity contribution in [2.75, 3.05) is 19.6 Å². The second-order valence-electron chi connectivity index (χ2n) is 6.58. The number of nitrogens with zero attached hydrogens (tertiary/aromatic N) is 3. The summed E-state index contributed by atoms with van der Waals surface area (Å²) < 4.78 is 0. The van der Waals surface area contributed by atoms with Crippen LogP contribution in [0.15, 0.2) is 24.5 Å². The van der Waals surface area contributed by atoms with Crippen LogP contribution in [0.1, 0.15) is 44.6 Å². The van der Waals surface area contributed by atoms with Gasteiger partial charge in [-0.1, -0.05) is 6.42 Å². The van der Waals surface area contributed by atoms with Crippen LogP contribution < -0.4 is 0 Å². The van der Waals surface area contributed by atoms with Crippen LogP contribution in [-0.4, -0.2) is 52.4 Å². The number of aromatic nitrogens is 1. The lowest BCUT2D eigenvalue weighted by Crippen LogP contribution is -2.54. The zero-order valence-corrected chi connectivity index (χ0v) is 13.0. The molecular weight excluding hydrogens is 262 g/mol. The summed E-state index contributed by atoms with van der Waals surface area (Å²) in [6.45, 7) is 6.81. The lowest BCUT2D eigenvalue weighted by atomic mass is 9.92. The Labute approximate surface area is 127 Å². The van der Waals surface area contributed by atoms with Gasteiger partial charge in [-0.15, -0.1) is 0 Å². The van der Waals surface area contributed by atoms with Crippen LogP contribution >= 0.6 is 0 Å². The SMILES string of the molecule is C[C@@H]1CCC[C@H](C)N1CC(=O)N1CC(c2ccncc2)C1. The van der Waals surface area contributed by atoms with Crippen LogP contribution in [0.5, 0.6) is 0 Å². The molecule has 2 atom stereocenters. The molecule has 0 bridgehead atoms. The van der Waals surface area contributed by atoms with E-state index in [0.717, 1.165) is 13.1 Å². The Hall–Kier alpha value is -1.42. The Morgan fingerprint density at radius 3 is 2.43 bits per heavy atom. The molecule has 0 N–H and O–H groups in total. The number of hydrogen-bond acceptors (Lipinski definition) is 3. The second-order valence-corrected chi connectivity index (χ2v) is 6.58. The third-order valence-electron chi connectivity index (χ3n) is 5.11. The zero-order valence-electron chi connectivity index (χ0n) is 13.0. The maximum atomic E-state index is 12.4. The predicted octanol–water partition coefficient (Wildman–Crippen LogP) is 2.27. The Morgan fingerprint density at radius 2 is 1.81 bits per heavy atom. The first-order valence-electron chi connectivity index (χ1n) is 8.08. The van der Waals surface area contributed by atoms with E-state index in [0.29, 0.717) is 30.5 Å². The van der Waals surface area contributed by atoms with Crippen molar-refractivity contribution in [2.45, 2.75) is 51.1 Å². The summed E-state index contributed by atoms with van der Waals surface area (Å²) >= 11 is 0. The maximum absolute atomic E-state index is 12.4. The number of amides is 1. The average molecular weight is 287 g/mol. The monoisotopic (exact) mass is 287 g/mol. The van der Waals surface area contributed by atoms with Gasteiger partial charge in [-0.05, 0) is 44.4 Å². The van der Waals surface area contributed by atoms with E-state index in [9.17, 15) is 4.79 Å². The molecule has 0 aromatic carbocycles. The van der Waals surface area contributed by atoms with E-state index in [4.69, 9.17) is 0 Å². The number of likely N-dealkylation sites (tertiary alicyclic amines) is 2. The van der Waals surface area contributed by atoms with E-state index < -0.39 is 0 Å². The van der Waals surface area contributed by atoms with E-state index >= 15 is 0 Å². The summed E-state index contributed by atoms with van der Waals surface area (Å²) in [6.07, 6.45) is 7.39. The van der Waals surface area contributed by atoms with Crippen LogP contribution in [0, 0.1) is 0 Å². The molecule has 1 aromatic rings. The van der Waals surface area contributed by atoms with Gasteiger partial charge in [-0.25, -0.2) is 0 Å². The molecular formula is C17H25N3O. The highest BCUT2D eigenvalue weighted by atomic mass is 16.2. The fourth-order valence-electron chi connectivity index (χ4n) is 3.57. The summed E-state index contributed by atoms with van der Waals surface area (Å²) in [7, 11) is 0. The van der Waals surface area contributed by atoms with E-state index in [-0.39, 0.29) is 0 Å². The number of pyridine rings is 1. The van der Waals surface area contributed by atoms with Crippen molar-refractivity contribution in [2.24, 2.45) is 0 Å². The summed E-state index contributed by atoms with van der Waals surface area (Å²) in [5.41, 5.74) is 1.30.